The Kier molecular flexibility index (Phi) is 11.7. The highest BCUT2D eigenvalue weighted by Gasteiger charge is 2.45. The quantitative estimate of drug-likeness (QED) is 0.232. The summed E-state index contributed by atoms with van der Waals surface area (Å²) in [5.74, 6) is 0. The first-order valence-electron chi connectivity index (χ1n) is 9.53. The van der Waals surface area contributed by atoms with E-state index in [1.807, 2.05) is 41.5 Å². The normalized spacial score (nSPS) is 15.1. The molecule has 0 unspecified atom stereocenters. The van der Waals surface area contributed by atoms with Crippen LogP contribution in [0.25, 0.3) is 0 Å². The fourth-order valence-corrected chi connectivity index (χ4v) is 3.36. The molecule has 0 aliphatic heterocycles. The number of aldehydes is 1. The van der Waals surface area contributed by atoms with E-state index in [1.165, 1.54) is 11.1 Å². The van der Waals surface area contributed by atoms with Gasteiger partial charge in [0.25, 0.3) is 0 Å². The SMILES string of the molecule is CC(C)=CCC/C(C)=C/CC(C=O)(C/C=C(\C)CCC=C(C)C)P(=O)(O)O. The van der Waals surface area contributed by atoms with Crippen LogP contribution in [-0.2, 0) is 9.36 Å². The lowest BCUT2D eigenvalue weighted by Crippen LogP contribution is -2.30. The summed E-state index contributed by atoms with van der Waals surface area (Å²) in [6.45, 7) is 12.0. The molecule has 0 atom stereocenters. The molecule has 2 N–H and O–H groups in total. The number of hydrogen-bond acceptors (Lipinski definition) is 2. The molecule has 0 amide bonds. The largest absolute Gasteiger partial charge is 0.339 e. The smallest absolute Gasteiger partial charge is 0.324 e. The predicted molar refractivity (Wildman–Crippen MR) is 115 cm³/mol. The molecule has 0 aromatic heterocycles. The van der Waals surface area contributed by atoms with Gasteiger partial charge >= 0.3 is 7.60 Å². The first-order chi connectivity index (χ1) is 12.4. The van der Waals surface area contributed by atoms with E-state index < -0.39 is 12.8 Å². The third-order valence-electron chi connectivity index (χ3n) is 4.59. The standard InChI is InChI=1S/C22H37O4P/c1-18(2)9-7-11-20(5)13-15-22(17-23,27(24,25)26)16-14-21(6)12-8-10-19(3)4/h9-10,13-14,17H,7-8,11-12,15-16H2,1-6H3,(H2,24,25,26)/b20-13+,21-14+. The zero-order valence-electron chi connectivity index (χ0n) is 17.8. The van der Waals surface area contributed by atoms with E-state index in [9.17, 15) is 19.1 Å². The number of allylic oxidation sites excluding steroid dienone is 8. The van der Waals surface area contributed by atoms with Crippen LogP contribution in [0.2, 0.25) is 0 Å². The fourth-order valence-electron chi connectivity index (χ4n) is 2.57. The third kappa shape index (κ3) is 10.6. The second-order valence-corrected chi connectivity index (χ2v) is 9.89. The maximum atomic E-state index is 12.1. The van der Waals surface area contributed by atoms with E-state index in [4.69, 9.17) is 0 Å². The highest BCUT2D eigenvalue weighted by atomic mass is 31.2. The molecule has 0 rings (SSSR count). The molecule has 0 aromatic carbocycles. The van der Waals surface area contributed by atoms with Crippen LogP contribution >= 0.6 is 7.60 Å². The Bertz CT molecular complexity index is 599. The molecular weight excluding hydrogens is 359 g/mol. The van der Waals surface area contributed by atoms with Crippen LogP contribution in [0, 0.1) is 0 Å². The van der Waals surface area contributed by atoms with Crippen molar-refractivity contribution in [1.82, 2.24) is 0 Å². The van der Waals surface area contributed by atoms with E-state index in [-0.39, 0.29) is 12.8 Å². The zero-order chi connectivity index (χ0) is 21.1. The first-order valence-corrected chi connectivity index (χ1v) is 11.1. The second-order valence-electron chi connectivity index (χ2n) is 7.91. The monoisotopic (exact) mass is 396 g/mol. The Morgan fingerprint density at radius 3 is 1.41 bits per heavy atom. The third-order valence-corrected chi connectivity index (χ3v) is 6.22. The van der Waals surface area contributed by atoms with Gasteiger partial charge in [-0.05, 0) is 80.1 Å². The van der Waals surface area contributed by atoms with Crippen LogP contribution in [0.1, 0.15) is 80.1 Å². The molecule has 0 aliphatic carbocycles. The van der Waals surface area contributed by atoms with E-state index in [2.05, 4.69) is 12.2 Å². The lowest BCUT2D eigenvalue weighted by molar-refractivity contribution is -0.110. The number of carbonyl (C=O) groups excluding carboxylic acids is 1. The summed E-state index contributed by atoms with van der Waals surface area (Å²) in [7, 11) is -4.58. The second kappa shape index (κ2) is 12.3. The van der Waals surface area contributed by atoms with Crippen LogP contribution in [0.15, 0.2) is 46.6 Å². The van der Waals surface area contributed by atoms with Crippen LogP contribution in [0.5, 0.6) is 0 Å². The highest BCUT2D eigenvalue weighted by Crippen LogP contribution is 2.54. The van der Waals surface area contributed by atoms with Gasteiger partial charge in [-0.2, -0.15) is 0 Å². The summed E-state index contributed by atoms with van der Waals surface area (Å²) < 4.78 is 12.1. The molecule has 0 fully saturated rings. The van der Waals surface area contributed by atoms with Gasteiger partial charge in [0.05, 0.1) is 0 Å². The molecule has 27 heavy (non-hydrogen) atoms. The van der Waals surface area contributed by atoms with Crippen LogP contribution in [-0.4, -0.2) is 21.2 Å². The van der Waals surface area contributed by atoms with Gasteiger partial charge < -0.3 is 14.6 Å². The van der Waals surface area contributed by atoms with Crippen molar-refractivity contribution < 1.29 is 19.1 Å². The van der Waals surface area contributed by atoms with E-state index in [0.29, 0.717) is 6.29 Å². The van der Waals surface area contributed by atoms with Crippen molar-refractivity contribution in [2.75, 3.05) is 0 Å². The minimum atomic E-state index is -4.58. The summed E-state index contributed by atoms with van der Waals surface area (Å²) in [6.07, 6.45) is 11.8. The summed E-state index contributed by atoms with van der Waals surface area (Å²) >= 11 is 0. The molecule has 0 spiro atoms. The van der Waals surface area contributed by atoms with Crippen LogP contribution < -0.4 is 0 Å². The first kappa shape index (κ1) is 25.8. The lowest BCUT2D eigenvalue weighted by atomic mass is 9.97. The molecule has 0 bridgehead atoms. The van der Waals surface area contributed by atoms with Crippen molar-refractivity contribution >= 4 is 13.9 Å². The Hall–Kier alpha value is -1.22. The van der Waals surface area contributed by atoms with Gasteiger partial charge in [0.2, 0.25) is 0 Å². The number of rotatable bonds is 12. The number of carbonyl (C=O) groups is 1. The summed E-state index contributed by atoms with van der Waals surface area (Å²) in [5.41, 5.74) is 4.57. The van der Waals surface area contributed by atoms with Crippen molar-refractivity contribution in [2.24, 2.45) is 0 Å². The minimum Gasteiger partial charge on any atom is -0.324 e. The molecule has 0 saturated carbocycles. The molecule has 4 nitrogen and oxygen atoms in total. The van der Waals surface area contributed by atoms with Gasteiger partial charge in [-0.15, -0.1) is 0 Å². The maximum Gasteiger partial charge on any atom is 0.339 e. The van der Waals surface area contributed by atoms with Gasteiger partial charge in [0, 0.05) is 0 Å². The van der Waals surface area contributed by atoms with Crippen molar-refractivity contribution in [2.45, 2.75) is 85.2 Å². The molecule has 0 heterocycles. The minimum absolute atomic E-state index is 0.0547. The van der Waals surface area contributed by atoms with Gasteiger partial charge in [0.15, 0.2) is 0 Å². The van der Waals surface area contributed by atoms with E-state index in [1.54, 1.807) is 12.2 Å². The molecule has 0 aromatic rings. The van der Waals surface area contributed by atoms with Crippen LogP contribution in [0.3, 0.4) is 0 Å². The predicted octanol–water partition coefficient (Wildman–Crippen LogP) is 6.27. The molecule has 0 radical (unpaired) electrons. The van der Waals surface area contributed by atoms with E-state index >= 15 is 0 Å². The molecule has 0 aliphatic rings. The Morgan fingerprint density at radius 1 is 0.778 bits per heavy atom. The summed E-state index contributed by atoms with van der Waals surface area (Å²) in [6, 6.07) is 0. The van der Waals surface area contributed by atoms with Gasteiger partial charge in [-0.25, -0.2) is 0 Å². The van der Waals surface area contributed by atoms with Gasteiger partial charge in [-0.3, -0.25) is 4.57 Å². The van der Waals surface area contributed by atoms with Crippen molar-refractivity contribution in [1.29, 1.82) is 0 Å². The Morgan fingerprint density at radius 2 is 1.15 bits per heavy atom. The Labute approximate surface area is 165 Å². The Balaban J connectivity index is 5.23. The summed E-state index contributed by atoms with van der Waals surface area (Å²) in [4.78, 5) is 31.4. The van der Waals surface area contributed by atoms with Crippen molar-refractivity contribution in [3.63, 3.8) is 0 Å². The lowest BCUT2D eigenvalue weighted by Gasteiger charge is -2.27. The molecular formula is C22H37O4P. The molecule has 0 saturated heterocycles. The van der Waals surface area contributed by atoms with E-state index in [0.717, 1.165) is 36.8 Å². The van der Waals surface area contributed by atoms with Crippen molar-refractivity contribution in [3.8, 4) is 0 Å². The summed E-state index contributed by atoms with van der Waals surface area (Å²) in [5, 5.41) is -1.68. The molecule has 154 valence electrons. The van der Waals surface area contributed by atoms with Gasteiger partial charge in [0.1, 0.15) is 11.4 Å². The van der Waals surface area contributed by atoms with Crippen molar-refractivity contribution in [3.05, 3.63) is 46.6 Å². The average molecular weight is 397 g/mol. The maximum absolute atomic E-state index is 12.1. The average Bonchev–Trinajstić information content (AvgIpc) is 2.53. The molecule has 5 heteroatoms. The fraction of sp³-hybridized carbons (Fsp3) is 0.591. The topological polar surface area (TPSA) is 74.6 Å². The number of hydrogen-bond donors (Lipinski definition) is 2. The highest BCUT2D eigenvalue weighted by molar-refractivity contribution is 7.54. The zero-order valence-corrected chi connectivity index (χ0v) is 18.7. The van der Waals surface area contributed by atoms with Crippen LogP contribution in [0.4, 0.5) is 0 Å². The van der Waals surface area contributed by atoms with Gasteiger partial charge in [-0.1, -0.05) is 46.6 Å².